The number of rotatable bonds is 9. The van der Waals surface area contributed by atoms with E-state index in [4.69, 9.17) is 4.98 Å². The van der Waals surface area contributed by atoms with E-state index in [1.165, 1.54) is 75.8 Å². The van der Waals surface area contributed by atoms with Gasteiger partial charge in [-0.05, 0) is 118 Å². The van der Waals surface area contributed by atoms with E-state index in [0.29, 0.717) is 0 Å². The van der Waals surface area contributed by atoms with E-state index in [1.807, 2.05) is 18.2 Å². The van der Waals surface area contributed by atoms with Gasteiger partial charge in [0.1, 0.15) is 5.82 Å². The Morgan fingerprint density at radius 2 is 1.17 bits per heavy atom. The molecule has 0 saturated carbocycles. The van der Waals surface area contributed by atoms with Crippen LogP contribution in [0, 0.1) is 0 Å². The van der Waals surface area contributed by atoms with Crippen LogP contribution in [0.4, 0.5) is 0 Å². The summed E-state index contributed by atoms with van der Waals surface area (Å²) in [4.78, 5) is 5.06. The molecule has 1 heterocycles. The Bertz CT molecular complexity index is 3360. The van der Waals surface area contributed by atoms with Gasteiger partial charge in [-0.25, -0.2) is 4.98 Å². The van der Waals surface area contributed by atoms with Crippen molar-refractivity contribution >= 4 is 73.0 Å². The maximum absolute atomic E-state index is 5.06. The molecule has 0 fully saturated rings. The van der Waals surface area contributed by atoms with Gasteiger partial charge in [-0.3, -0.25) is 4.57 Å². The summed E-state index contributed by atoms with van der Waals surface area (Å²) in [6.07, 6.45) is 23.0. The quantitative estimate of drug-likeness (QED) is 0.134. The van der Waals surface area contributed by atoms with Crippen molar-refractivity contribution < 1.29 is 0 Å². The average Bonchev–Trinajstić information content (AvgIpc) is 3.72. The molecule has 1 aliphatic rings. The highest BCUT2D eigenvalue weighted by molar-refractivity contribution is 6.13. The van der Waals surface area contributed by atoms with Crippen LogP contribution in [0.1, 0.15) is 29.9 Å². The van der Waals surface area contributed by atoms with E-state index >= 15 is 0 Å². The largest absolute Gasteiger partial charge is 0.299 e. The third-order valence-corrected chi connectivity index (χ3v) is 11.6. The zero-order valence-corrected chi connectivity index (χ0v) is 32.9. The maximum atomic E-state index is 5.06. The first-order chi connectivity index (χ1) is 29.2. The first-order valence-electron chi connectivity index (χ1n) is 20.3. The summed E-state index contributed by atoms with van der Waals surface area (Å²) in [5.74, 6) is 0.818. The molecule has 0 aliphatic heterocycles. The second-order valence-corrected chi connectivity index (χ2v) is 15.1. The Morgan fingerprint density at radius 1 is 0.542 bits per heavy atom. The molecule has 1 aliphatic carbocycles. The van der Waals surface area contributed by atoms with Crippen molar-refractivity contribution in [1.29, 1.82) is 0 Å². The molecular formula is C57H42N2. The second kappa shape index (κ2) is 15.4. The van der Waals surface area contributed by atoms with Crippen LogP contribution in [0.2, 0.25) is 0 Å². The van der Waals surface area contributed by atoms with E-state index in [2.05, 4.69) is 200 Å². The highest BCUT2D eigenvalue weighted by Gasteiger charge is 2.19. The fraction of sp³-hybridized carbons (Fsp3) is 0.0351. The second-order valence-electron chi connectivity index (χ2n) is 15.1. The van der Waals surface area contributed by atoms with Gasteiger partial charge < -0.3 is 0 Å². The van der Waals surface area contributed by atoms with Crippen molar-refractivity contribution in [3.63, 3.8) is 0 Å². The lowest BCUT2D eigenvalue weighted by Crippen LogP contribution is -2.31. The molecule has 59 heavy (non-hydrogen) atoms. The molecule has 0 radical (unpaired) electrons. The van der Waals surface area contributed by atoms with Crippen LogP contribution in [0.3, 0.4) is 0 Å². The number of hydrogen-bond donors (Lipinski definition) is 0. The number of fused-ring (bicyclic) bond motifs is 5. The van der Waals surface area contributed by atoms with Crippen LogP contribution in [-0.2, 0) is 0 Å². The van der Waals surface area contributed by atoms with Gasteiger partial charge in [0.25, 0.3) is 0 Å². The van der Waals surface area contributed by atoms with Gasteiger partial charge in [-0.15, -0.1) is 0 Å². The Hall–Kier alpha value is -7.55. The van der Waals surface area contributed by atoms with Crippen molar-refractivity contribution in [3.8, 4) is 27.9 Å². The van der Waals surface area contributed by atoms with Crippen molar-refractivity contribution in [1.82, 2.24) is 9.55 Å². The number of imidazole rings is 1. The summed E-state index contributed by atoms with van der Waals surface area (Å²) in [7, 11) is 0. The van der Waals surface area contributed by atoms with Crippen molar-refractivity contribution in [2.75, 3.05) is 0 Å². The van der Waals surface area contributed by atoms with Gasteiger partial charge in [0.05, 0.1) is 5.69 Å². The molecule has 9 aromatic rings. The predicted octanol–water partition coefficient (Wildman–Crippen LogP) is 13.7. The zero-order chi connectivity index (χ0) is 39.7. The summed E-state index contributed by atoms with van der Waals surface area (Å²) in [6.45, 7) is 8.10. The van der Waals surface area contributed by atoms with Gasteiger partial charge in [0, 0.05) is 17.5 Å². The van der Waals surface area contributed by atoms with Crippen LogP contribution < -0.4 is 10.4 Å². The third kappa shape index (κ3) is 6.55. The smallest absolute Gasteiger partial charge is 0.145 e. The topological polar surface area (TPSA) is 17.8 Å². The van der Waals surface area contributed by atoms with Crippen LogP contribution >= 0.6 is 0 Å². The minimum Gasteiger partial charge on any atom is -0.299 e. The number of nitrogens with zero attached hydrogens (tertiary/aromatic N) is 2. The Labute approximate surface area is 344 Å². The van der Waals surface area contributed by atoms with Crippen molar-refractivity contribution in [2.24, 2.45) is 0 Å². The maximum Gasteiger partial charge on any atom is 0.145 e. The lowest BCUT2D eigenvalue weighted by molar-refractivity contribution is 1.03. The molecule has 0 atom stereocenters. The fourth-order valence-corrected chi connectivity index (χ4v) is 8.87. The normalized spacial score (nSPS) is 13.0. The highest BCUT2D eigenvalue weighted by Crippen LogP contribution is 2.38. The third-order valence-electron chi connectivity index (χ3n) is 11.6. The molecule has 0 bridgehead atoms. The van der Waals surface area contributed by atoms with Crippen molar-refractivity contribution in [3.05, 3.63) is 223 Å². The van der Waals surface area contributed by atoms with E-state index in [-0.39, 0.29) is 0 Å². The molecule has 10 rings (SSSR count). The number of benzene rings is 8. The minimum atomic E-state index is 0.818. The van der Waals surface area contributed by atoms with Gasteiger partial charge >= 0.3 is 0 Å². The van der Waals surface area contributed by atoms with Crippen molar-refractivity contribution in [2.45, 2.75) is 12.8 Å². The molecule has 0 unspecified atom stereocenters. The summed E-state index contributed by atoms with van der Waals surface area (Å²) >= 11 is 0. The van der Waals surface area contributed by atoms with E-state index in [0.717, 1.165) is 41.2 Å². The Balaban J connectivity index is 1.16. The first-order valence-corrected chi connectivity index (χ1v) is 20.3. The Kier molecular flexibility index (Phi) is 9.36. The van der Waals surface area contributed by atoms with Crippen LogP contribution in [-0.4, -0.2) is 9.55 Å². The summed E-state index contributed by atoms with van der Waals surface area (Å²) in [6, 6.07) is 52.9. The van der Waals surface area contributed by atoms with E-state index in [9.17, 15) is 0 Å². The average molecular weight is 755 g/mol. The molecule has 2 heteroatoms. The van der Waals surface area contributed by atoms with Crippen LogP contribution in [0.15, 0.2) is 195 Å². The van der Waals surface area contributed by atoms with Gasteiger partial charge in [-0.2, -0.15) is 0 Å². The monoisotopic (exact) mass is 754 g/mol. The van der Waals surface area contributed by atoms with E-state index in [1.54, 1.807) is 6.08 Å². The molecule has 0 spiro atoms. The number of hydrogen-bond acceptors (Lipinski definition) is 1. The molecule has 280 valence electrons. The molecule has 0 N–H and O–H groups in total. The van der Waals surface area contributed by atoms with E-state index < -0.39 is 0 Å². The fourth-order valence-electron chi connectivity index (χ4n) is 8.87. The molecule has 2 nitrogen and oxygen atoms in total. The molecule has 1 aromatic heterocycles. The lowest BCUT2D eigenvalue weighted by Gasteiger charge is -2.20. The lowest BCUT2D eigenvalue weighted by atomic mass is 9.83. The molecule has 0 saturated heterocycles. The first kappa shape index (κ1) is 35.8. The van der Waals surface area contributed by atoms with Gasteiger partial charge in [0.2, 0.25) is 0 Å². The predicted molar refractivity (Wildman–Crippen MR) is 255 cm³/mol. The zero-order valence-electron chi connectivity index (χ0n) is 32.9. The number of aromatic nitrogens is 2. The van der Waals surface area contributed by atoms with Crippen LogP contribution in [0.5, 0.6) is 0 Å². The molecule has 8 aromatic carbocycles. The van der Waals surface area contributed by atoms with Gasteiger partial charge in [0.15, 0.2) is 0 Å². The summed E-state index contributed by atoms with van der Waals surface area (Å²) in [5.41, 5.74) is 9.05. The summed E-state index contributed by atoms with van der Waals surface area (Å²) in [5, 5.41) is 12.6. The van der Waals surface area contributed by atoms with Gasteiger partial charge in [-0.1, -0.05) is 189 Å². The molecule has 0 amide bonds. The SMILES string of the molecule is C=C/C=C\c1cn(-c2ccc3ccccc3c2)c(/C(C=C)=C/C=C/c2ccc3c(-c4cccc5ccccc45)c4c(c(-c5cccc6ccccc56)c3c2)=CCCC=4)n1. The minimum absolute atomic E-state index is 0.818. The summed E-state index contributed by atoms with van der Waals surface area (Å²) < 4.78 is 2.15. The Morgan fingerprint density at radius 3 is 1.85 bits per heavy atom. The van der Waals surface area contributed by atoms with Crippen LogP contribution in [0.25, 0.3) is 101 Å². The number of allylic oxidation sites excluding steroid dienone is 6. The highest BCUT2D eigenvalue weighted by atomic mass is 15.1. The molecular weight excluding hydrogens is 713 g/mol. The standard InChI is InChI=1S/C57H42N2/c1-3-5-25-45-38-59(46-34-33-41-18-6-7-21-44(41)37-46)57(58-45)40(4-2)22-14-17-39-32-35-53-54(36-39)56(50-31-16-24-43-20-9-11-27-48(43)50)52-29-13-12-28-51(52)55(53)49-30-15-23-42-19-8-10-26-47(42)49/h3-11,14-38H,1-2,12-13H2/b17-14+,25-5-,40-22+.